The quantitative estimate of drug-likeness (QED) is 0.887. The van der Waals surface area contributed by atoms with Crippen molar-refractivity contribution in [3.8, 4) is 0 Å². The van der Waals surface area contributed by atoms with Crippen molar-refractivity contribution in [2.24, 2.45) is 17.6 Å². The van der Waals surface area contributed by atoms with E-state index in [0.717, 1.165) is 44.5 Å². The summed E-state index contributed by atoms with van der Waals surface area (Å²) in [6.45, 7) is 1.63. The maximum Gasteiger partial charge on any atom is 0.125 e. The lowest BCUT2D eigenvalue weighted by Crippen LogP contribution is -2.47. The van der Waals surface area contributed by atoms with E-state index in [-0.39, 0.29) is 18.0 Å². The molecule has 1 aliphatic carbocycles. The molecule has 3 unspecified atom stereocenters. The van der Waals surface area contributed by atoms with Crippen LogP contribution in [0.1, 0.15) is 25.7 Å². The fourth-order valence-corrected chi connectivity index (χ4v) is 3.32. The third kappa shape index (κ3) is 3.30. The molecule has 0 amide bonds. The first-order valence-corrected chi connectivity index (χ1v) is 7.56. The van der Waals surface area contributed by atoms with Gasteiger partial charge in [0.1, 0.15) is 5.82 Å². The van der Waals surface area contributed by atoms with Crippen molar-refractivity contribution in [3.63, 3.8) is 0 Å². The van der Waals surface area contributed by atoms with Gasteiger partial charge < -0.3 is 15.7 Å². The molecule has 1 aliphatic heterocycles. The Bertz CT molecular complexity index is 464. The average Bonchev–Trinajstić information content (AvgIpc) is 3.22. The van der Waals surface area contributed by atoms with Gasteiger partial charge in [0.25, 0.3) is 0 Å². The van der Waals surface area contributed by atoms with Crippen LogP contribution in [0.3, 0.4) is 0 Å². The van der Waals surface area contributed by atoms with Gasteiger partial charge in [0, 0.05) is 24.8 Å². The highest BCUT2D eigenvalue weighted by Gasteiger charge is 2.34. The molecule has 1 saturated heterocycles. The Hall–Kier alpha value is -1.13. The maximum absolute atomic E-state index is 13.3. The predicted octanol–water partition coefficient (Wildman–Crippen LogP) is 2.14. The zero-order chi connectivity index (χ0) is 14.1. The van der Waals surface area contributed by atoms with Crippen molar-refractivity contribution in [3.05, 3.63) is 30.1 Å². The first kappa shape index (κ1) is 13.8. The summed E-state index contributed by atoms with van der Waals surface area (Å²) in [5, 5.41) is 10.1. The van der Waals surface area contributed by atoms with Gasteiger partial charge >= 0.3 is 0 Å². The van der Waals surface area contributed by atoms with E-state index in [1.54, 1.807) is 12.1 Å². The predicted molar refractivity (Wildman–Crippen MR) is 78.0 cm³/mol. The highest BCUT2D eigenvalue weighted by molar-refractivity contribution is 5.47. The molecule has 2 fully saturated rings. The Morgan fingerprint density at radius 1 is 1.35 bits per heavy atom. The number of nitrogens with two attached hydrogens (primary N) is 1. The van der Waals surface area contributed by atoms with Gasteiger partial charge in [-0.1, -0.05) is 6.07 Å². The standard InChI is InChI=1S/C16H23FN2O/c17-13-2-1-3-15(8-13)19-9-11(6-14(18)10-19)7-16(20)12-4-5-12/h1-3,8,11-12,14,16,20H,4-7,9-10,18H2. The molecule has 1 heterocycles. The molecule has 20 heavy (non-hydrogen) atoms. The molecular weight excluding hydrogens is 255 g/mol. The lowest BCUT2D eigenvalue weighted by atomic mass is 9.88. The van der Waals surface area contributed by atoms with Crippen LogP contribution in [0.4, 0.5) is 10.1 Å². The fourth-order valence-electron chi connectivity index (χ4n) is 3.32. The van der Waals surface area contributed by atoms with Crippen molar-refractivity contribution in [1.29, 1.82) is 0 Å². The highest BCUT2D eigenvalue weighted by atomic mass is 19.1. The third-order valence-corrected chi connectivity index (χ3v) is 4.48. The topological polar surface area (TPSA) is 49.5 Å². The van der Waals surface area contributed by atoms with Gasteiger partial charge in [0.05, 0.1) is 6.10 Å². The minimum Gasteiger partial charge on any atom is -0.393 e. The molecule has 1 aromatic carbocycles. The Kier molecular flexibility index (Phi) is 3.94. The number of piperidine rings is 1. The highest BCUT2D eigenvalue weighted by Crippen LogP contribution is 2.36. The molecule has 110 valence electrons. The number of aliphatic hydroxyl groups is 1. The summed E-state index contributed by atoms with van der Waals surface area (Å²) in [6, 6.07) is 6.78. The van der Waals surface area contributed by atoms with Crippen molar-refractivity contribution in [1.82, 2.24) is 0 Å². The van der Waals surface area contributed by atoms with Crippen molar-refractivity contribution in [2.45, 2.75) is 37.8 Å². The van der Waals surface area contributed by atoms with Crippen molar-refractivity contribution >= 4 is 5.69 Å². The van der Waals surface area contributed by atoms with Crippen LogP contribution in [-0.2, 0) is 0 Å². The second-order valence-electron chi connectivity index (χ2n) is 6.39. The molecular formula is C16H23FN2O. The lowest BCUT2D eigenvalue weighted by molar-refractivity contribution is 0.114. The second kappa shape index (κ2) is 5.70. The number of hydrogen-bond donors (Lipinski definition) is 2. The van der Waals surface area contributed by atoms with Gasteiger partial charge in [-0.05, 0) is 55.7 Å². The fraction of sp³-hybridized carbons (Fsp3) is 0.625. The molecule has 3 rings (SSSR count). The molecule has 2 aliphatic rings. The van der Waals surface area contributed by atoms with E-state index >= 15 is 0 Å². The summed E-state index contributed by atoms with van der Waals surface area (Å²) in [7, 11) is 0. The Balaban J connectivity index is 1.66. The van der Waals surface area contributed by atoms with E-state index in [9.17, 15) is 9.50 Å². The van der Waals surface area contributed by atoms with Crippen LogP contribution in [-0.4, -0.2) is 30.3 Å². The van der Waals surface area contributed by atoms with Crippen LogP contribution in [0.15, 0.2) is 24.3 Å². The largest absolute Gasteiger partial charge is 0.393 e. The SMILES string of the molecule is NC1CC(CC(O)C2CC2)CN(c2cccc(F)c2)C1. The molecule has 3 nitrogen and oxygen atoms in total. The van der Waals surface area contributed by atoms with Crippen LogP contribution in [0, 0.1) is 17.7 Å². The van der Waals surface area contributed by atoms with E-state index in [4.69, 9.17) is 5.73 Å². The summed E-state index contributed by atoms with van der Waals surface area (Å²) in [5.74, 6) is 0.699. The van der Waals surface area contributed by atoms with Crippen LogP contribution >= 0.6 is 0 Å². The van der Waals surface area contributed by atoms with Gasteiger partial charge in [0.2, 0.25) is 0 Å². The lowest BCUT2D eigenvalue weighted by Gasteiger charge is -2.38. The maximum atomic E-state index is 13.3. The Morgan fingerprint density at radius 3 is 2.85 bits per heavy atom. The van der Waals surface area contributed by atoms with E-state index in [1.165, 1.54) is 6.07 Å². The molecule has 0 spiro atoms. The molecule has 0 bridgehead atoms. The van der Waals surface area contributed by atoms with E-state index in [0.29, 0.717) is 11.8 Å². The first-order valence-electron chi connectivity index (χ1n) is 7.56. The number of aliphatic hydroxyl groups excluding tert-OH is 1. The smallest absolute Gasteiger partial charge is 0.125 e. The van der Waals surface area contributed by atoms with Crippen molar-refractivity contribution < 1.29 is 9.50 Å². The van der Waals surface area contributed by atoms with Gasteiger partial charge in [-0.25, -0.2) is 4.39 Å². The monoisotopic (exact) mass is 278 g/mol. The van der Waals surface area contributed by atoms with Crippen LogP contribution < -0.4 is 10.6 Å². The minimum absolute atomic E-state index is 0.100. The number of rotatable bonds is 4. The van der Waals surface area contributed by atoms with Crippen molar-refractivity contribution in [2.75, 3.05) is 18.0 Å². The average molecular weight is 278 g/mol. The number of hydrogen-bond acceptors (Lipinski definition) is 3. The van der Waals surface area contributed by atoms with E-state index in [2.05, 4.69) is 4.90 Å². The Labute approximate surface area is 119 Å². The molecule has 0 radical (unpaired) electrons. The molecule has 3 atom stereocenters. The van der Waals surface area contributed by atoms with Crippen LogP contribution in [0.2, 0.25) is 0 Å². The second-order valence-corrected chi connectivity index (χ2v) is 6.39. The van der Waals surface area contributed by atoms with Crippen LogP contribution in [0.5, 0.6) is 0 Å². The molecule has 1 saturated carbocycles. The van der Waals surface area contributed by atoms with Crippen LogP contribution in [0.25, 0.3) is 0 Å². The summed E-state index contributed by atoms with van der Waals surface area (Å²) >= 11 is 0. The zero-order valence-electron chi connectivity index (χ0n) is 11.7. The zero-order valence-corrected chi connectivity index (χ0v) is 11.7. The number of halogens is 1. The van der Waals surface area contributed by atoms with Gasteiger partial charge in [-0.2, -0.15) is 0 Å². The Morgan fingerprint density at radius 2 is 2.15 bits per heavy atom. The van der Waals surface area contributed by atoms with E-state index in [1.807, 2.05) is 6.07 Å². The normalized spacial score (nSPS) is 28.4. The summed E-state index contributed by atoms with van der Waals surface area (Å²) in [4.78, 5) is 2.15. The number of benzene rings is 1. The molecule has 0 aromatic heterocycles. The number of nitrogens with zero attached hydrogens (tertiary/aromatic N) is 1. The van der Waals surface area contributed by atoms with Gasteiger partial charge in [0.15, 0.2) is 0 Å². The summed E-state index contributed by atoms with van der Waals surface area (Å²) in [6.07, 6.45) is 3.92. The molecule has 1 aromatic rings. The van der Waals surface area contributed by atoms with Gasteiger partial charge in [-0.15, -0.1) is 0 Å². The third-order valence-electron chi connectivity index (χ3n) is 4.48. The molecule has 3 N–H and O–H groups in total. The summed E-state index contributed by atoms with van der Waals surface area (Å²) < 4.78 is 13.3. The molecule has 4 heteroatoms. The number of anilines is 1. The van der Waals surface area contributed by atoms with E-state index < -0.39 is 0 Å². The van der Waals surface area contributed by atoms with Gasteiger partial charge in [-0.3, -0.25) is 0 Å². The minimum atomic E-state index is -0.212. The summed E-state index contributed by atoms with van der Waals surface area (Å²) in [5.41, 5.74) is 7.04. The first-order chi connectivity index (χ1) is 9.61.